The summed E-state index contributed by atoms with van der Waals surface area (Å²) >= 11 is 5.65. The molecule has 2 rings (SSSR count). The number of nitrogens with one attached hydrogen (secondary N) is 2. The molecule has 1 aromatic rings. The zero-order valence-electron chi connectivity index (χ0n) is 13.3. The van der Waals surface area contributed by atoms with Crippen LogP contribution in [0.3, 0.4) is 0 Å². The highest BCUT2D eigenvalue weighted by Crippen LogP contribution is 2.20. The first-order valence-electron chi connectivity index (χ1n) is 7.19. The Morgan fingerprint density at radius 1 is 1.42 bits per heavy atom. The Kier molecular flexibility index (Phi) is 6.02. The van der Waals surface area contributed by atoms with Crippen molar-refractivity contribution in [3.05, 3.63) is 29.0 Å². The maximum Gasteiger partial charge on any atom is 0.319 e. The summed E-state index contributed by atoms with van der Waals surface area (Å²) in [4.78, 5) is 12.0. The van der Waals surface area contributed by atoms with Gasteiger partial charge in [0.2, 0.25) is 10.0 Å². The first-order valence-corrected chi connectivity index (χ1v) is 9.18. The Hall–Kier alpha value is -1.42. The highest BCUT2D eigenvalue weighted by Gasteiger charge is 2.34. The first-order chi connectivity index (χ1) is 11.2. The van der Waals surface area contributed by atoms with Crippen LogP contribution in [0.2, 0.25) is 5.02 Å². The molecule has 1 aliphatic heterocycles. The zero-order valence-corrected chi connectivity index (χ0v) is 14.8. The van der Waals surface area contributed by atoms with Crippen LogP contribution in [0.4, 0.5) is 14.9 Å². The van der Waals surface area contributed by atoms with Gasteiger partial charge in [-0.3, -0.25) is 0 Å². The monoisotopic (exact) mass is 379 g/mol. The van der Waals surface area contributed by atoms with E-state index in [0.717, 1.165) is 10.4 Å². The lowest BCUT2D eigenvalue weighted by atomic mass is 10.1. The molecule has 10 heteroatoms. The van der Waals surface area contributed by atoms with Crippen molar-refractivity contribution >= 4 is 33.3 Å². The van der Waals surface area contributed by atoms with Crippen molar-refractivity contribution < 1.29 is 22.3 Å². The van der Waals surface area contributed by atoms with Gasteiger partial charge in [-0.1, -0.05) is 11.6 Å². The molecule has 0 spiro atoms. The van der Waals surface area contributed by atoms with Crippen LogP contribution in [0.25, 0.3) is 0 Å². The number of halogens is 2. The summed E-state index contributed by atoms with van der Waals surface area (Å²) in [6.07, 6.45) is 0. The number of carbonyl (C=O) groups excluding carboxylic acids is 1. The fourth-order valence-corrected chi connectivity index (χ4v) is 3.60. The lowest BCUT2D eigenvalue weighted by molar-refractivity contribution is 0.184. The van der Waals surface area contributed by atoms with E-state index in [1.54, 1.807) is 0 Å². The van der Waals surface area contributed by atoms with Crippen LogP contribution >= 0.6 is 11.6 Å². The quantitative estimate of drug-likeness (QED) is 0.811. The topological polar surface area (TPSA) is 87.7 Å². The SMILES string of the molecule is CN(C)S(=O)(=O)C[C@@H]1COC[C@@H]1NC(=O)Nc1ccc(F)c(Cl)c1. The number of nitrogens with zero attached hydrogens (tertiary/aromatic N) is 1. The number of urea groups is 1. The van der Waals surface area contributed by atoms with E-state index in [0.29, 0.717) is 5.69 Å². The summed E-state index contributed by atoms with van der Waals surface area (Å²) in [5.41, 5.74) is 0.329. The van der Waals surface area contributed by atoms with Gasteiger partial charge in [0.1, 0.15) is 5.82 Å². The summed E-state index contributed by atoms with van der Waals surface area (Å²) in [5.74, 6) is -1.05. The molecule has 0 radical (unpaired) electrons. The van der Waals surface area contributed by atoms with Gasteiger partial charge in [-0.25, -0.2) is 21.9 Å². The molecule has 24 heavy (non-hydrogen) atoms. The largest absolute Gasteiger partial charge is 0.379 e. The third-order valence-corrected chi connectivity index (χ3v) is 5.93. The molecular weight excluding hydrogens is 361 g/mol. The predicted octanol–water partition coefficient (Wildman–Crippen LogP) is 1.51. The van der Waals surface area contributed by atoms with Crippen molar-refractivity contribution in [3.63, 3.8) is 0 Å². The summed E-state index contributed by atoms with van der Waals surface area (Å²) < 4.78 is 43.5. The average molecular weight is 380 g/mol. The number of carbonyl (C=O) groups is 1. The van der Waals surface area contributed by atoms with Crippen molar-refractivity contribution in [2.75, 3.05) is 38.4 Å². The van der Waals surface area contributed by atoms with Crippen LogP contribution in [0.1, 0.15) is 0 Å². The molecule has 1 heterocycles. The van der Waals surface area contributed by atoms with E-state index >= 15 is 0 Å². The number of hydrogen-bond acceptors (Lipinski definition) is 4. The second-order valence-corrected chi connectivity index (χ2v) is 8.33. The van der Waals surface area contributed by atoms with Crippen LogP contribution in [0, 0.1) is 11.7 Å². The minimum absolute atomic E-state index is 0.105. The number of amides is 2. The fourth-order valence-electron chi connectivity index (χ4n) is 2.25. The maximum absolute atomic E-state index is 13.1. The number of sulfonamides is 1. The van der Waals surface area contributed by atoms with Crippen molar-refractivity contribution in [1.82, 2.24) is 9.62 Å². The van der Waals surface area contributed by atoms with Crippen molar-refractivity contribution in [3.8, 4) is 0 Å². The van der Waals surface area contributed by atoms with Crippen LogP contribution < -0.4 is 10.6 Å². The third kappa shape index (κ3) is 4.79. The summed E-state index contributed by atoms with van der Waals surface area (Å²) in [5, 5.41) is 5.10. The van der Waals surface area contributed by atoms with Crippen LogP contribution in [-0.4, -0.2) is 57.9 Å². The van der Waals surface area contributed by atoms with Gasteiger partial charge in [0.15, 0.2) is 0 Å². The number of hydrogen-bond donors (Lipinski definition) is 2. The van der Waals surface area contributed by atoms with E-state index < -0.39 is 27.9 Å². The Morgan fingerprint density at radius 3 is 2.75 bits per heavy atom. The highest BCUT2D eigenvalue weighted by atomic mass is 35.5. The summed E-state index contributed by atoms with van der Waals surface area (Å²) in [6, 6.07) is 2.83. The summed E-state index contributed by atoms with van der Waals surface area (Å²) in [6.45, 7) is 0.478. The Bertz CT molecular complexity index is 714. The second kappa shape index (κ2) is 7.64. The molecule has 0 unspecified atom stereocenters. The lowest BCUT2D eigenvalue weighted by Crippen LogP contribution is -2.45. The average Bonchev–Trinajstić information content (AvgIpc) is 2.89. The van der Waals surface area contributed by atoms with E-state index in [-0.39, 0.29) is 29.9 Å². The number of anilines is 1. The molecule has 7 nitrogen and oxygen atoms in total. The van der Waals surface area contributed by atoms with E-state index in [2.05, 4.69) is 10.6 Å². The van der Waals surface area contributed by atoms with Gasteiger partial charge in [0.25, 0.3) is 0 Å². The van der Waals surface area contributed by atoms with Crippen LogP contribution in [0.5, 0.6) is 0 Å². The molecule has 0 aliphatic carbocycles. The van der Waals surface area contributed by atoms with Crippen molar-refractivity contribution in [2.45, 2.75) is 6.04 Å². The van der Waals surface area contributed by atoms with Gasteiger partial charge in [-0.15, -0.1) is 0 Å². The van der Waals surface area contributed by atoms with Gasteiger partial charge in [-0.2, -0.15) is 0 Å². The second-order valence-electron chi connectivity index (χ2n) is 5.69. The van der Waals surface area contributed by atoms with Gasteiger partial charge < -0.3 is 15.4 Å². The predicted molar refractivity (Wildman–Crippen MR) is 89.1 cm³/mol. The minimum Gasteiger partial charge on any atom is -0.379 e. The standard InChI is InChI=1S/C14H19ClFN3O4S/c1-19(2)24(21,22)8-9-6-23-7-13(9)18-14(20)17-10-3-4-12(16)11(15)5-10/h3-5,9,13H,6-8H2,1-2H3,(H2,17,18,20)/t9-,13-/m0/s1. The first kappa shape index (κ1) is 18.9. The van der Waals surface area contributed by atoms with E-state index in [9.17, 15) is 17.6 Å². The fraction of sp³-hybridized carbons (Fsp3) is 0.500. The molecular formula is C14H19ClFN3O4S. The van der Waals surface area contributed by atoms with Crippen LogP contribution in [0.15, 0.2) is 18.2 Å². The molecule has 0 saturated carbocycles. The number of rotatable bonds is 5. The lowest BCUT2D eigenvalue weighted by Gasteiger charge is -2.21. The van der Waals surface area contributed by atoms with Gasteiger partial charge >= 0.3 is 6.03 Å². The molecule has 2 atom stereocenters. The Balaban J connectivity index is 1.96. The molecule has 0 aromatic heterocycles. The zero-order chi connectivity index (χ0) is 17.9. The Labute approximate surface area is 145 Å². The summed E-state index contributed by atoms with van der Waals surface area (Å²) in [7, 11) is -0.483. The molecule has 1 aromatic carbocycles. The molecule has 1 fully saturated rings. The van der Waals surface area contributed by atoms with E-state index in [1.807, 2.05) is 0 Å². The Morgan fingerprint density at radius 2 is 2.12 bits per heavy atom. The van der Waals surface area contributed by atoms with Crippen molar-refractivity contribution in [1.29, 1.82) is 0 Å². The van der Waals surface area contributed by atoms with Gasteiger partial charge in [-0.05, 0) is 18.2 Å². The third-order valence-electron chi connectivity index (χ3n) is 3.67. The molecule has 134 valence electrons. The normalized spacial score (nSPS) is 21.0. The van der Waals surface area contributed by atoms with Gasteiger partial charge in [0.05, 0.1) is 30.0 Å². The smallest absolute Gasteiger partial charge is 0.319 e. The molecule has 2 N–H and O–H groups in total. The molecule has 2 amide bonds. The molecule has 1 saturated heterocycles. The van der Waals surface area contributed by atoms with E-state index in [4.69, 9.17) is 16.3 Å². The maximum atomic E-state index is 13.1. The molecule has 0 bridgehead atoms. The van der Waals surface area contributed by atoms with Crippen molar-refractivity contribution in [2.24, 2.45) is 5.92 Å². The minimum atomic E-state index is -3.40. The highest BCUT2D eigenvalue weighted by molar-refractivity contribution is 7.89. The number of benzene rings is 1. The van der Waals surface area contributed by atoms with Crippen LogP contribution in [-0.2, 0) is 14.8 Å². The van der Waals surface area contributed by atoms with Gasteiger partial charge in [0, 0.05) is 25.7 Å². The number of ether oxygens (including phenoxy) is 1. The molecule has 1 aliphatic rings. The van der Waals surface area contributed by atoms with E-state index in [1.165, 1.54) is 26.2 Å².